The fraction of sp³-hybridized carbons (Fsp3) is 0. The molecule has 4 heteroatoms. The summed E-state index contributed by atoms with van der Waals surface area (Å²) in [7, 11) is 0. The number of hydrogen-bond acceptors (Lipinski definition) is 1. The molecular formula is C3H6N3Na. The number of rotatable bonds is 0. The Bertz CT molecular complexity index is 66.7. The summed E-state index contributed by atoms with van der Waals surface area (Å²) in [5, 5.41) is 0. The van der Waals surface area contributed by atoms with Crippen molar-refractivity contribution in [2.24, 2.45) is 0 Å². The molecule has 0 radical (unpaired) electrons. The van der Waals surface area contributed by atoms with E-state index in [4.69, 9.17) is 0 Å². The van der Waals surface area contributed by atoms with E-state index in [1.54, 1.807) is 18.7 Å². The van der Waals surface area contributed by atoms with Crippen LogP contribution in [0.5, 0.6) is 0 Å². The van der Waals surface area contributed by atoms with Crippen LogP contribution in [0, 0.1) is 0 Å². The standard InChI is InChI=1S/C3H4N2.H2N.Na/c1-2-5-3-4-1;;/h1-3H,(H,4,5);1H2;/q;-1;+1. The average Bonchev–Trinajstić information content (AvgIpc) is 1.76. The predicted molar refractivity (Wildman–Crippen MR) is 23.9 cm³/mol. The molecule has 3 N–H and O–H groups in total. The summed E-state index contributed by atoms with van der Waals surface area (Å²) >= 11 is 0. The Morgan fingerprint density at radius 2 is 2.14 bits per heavy atom. The smallest absolute Gasteiger partial charge is 0.693 e. The number of nitrogens with two attached hydrogens (primary N) is 1. The summed E-state index contributed by atoms with van der Waals surface area (Å²) in [5.41, 5.74) is 0. The summed E-state index contributed by atoms with van der Waals surface area (Å²) < 4.78 is 0. The van der Waals surface area contributed by atoms with E-state index >= 15 is 0 Å². The molecule has 1 heterocycles. The van der Waals surface area contributed by atoms with Crippen LogP contribution >= 0.6 is 0 Å². The second-order valence-electron chi connectivity index (χ2n) is 0.761. The van der Waals surface area contributed by atoms with Crippen molar-refractivity contribution in [3.63, 3.8) is 0 Å². The molecule has 0 fully saturated rings. The van der Waals surface area contributed by atoms with Gasteiger partial charge in [0, 0.05) is 12.4 Å². The predicted octanol–water partition coefficient (Wildman–Crippen LogP) is -1.87. The molecular weight excluding hydrogens is 101 g/mol. The second kappa shape index (κ2) is 6.17. The number of aromatic amines is 1. The van der Waals surface area contributed by atoms with Crippen LogP contribution in [0.1, 0.15) is 0 Å². The van der Waals surface area contributed by atoms with E-state index in [-0.39, 0.29) is 35.7 Å². The van der Waals surface area contributed by atoms with Gasteiger partial charge in [-0.15, -0.1) is 0 Å². The molecule has 34 valence electrons. The Morgan fingerprint density at radius 3 is 2.29 bits per heavy atom. The van der Waals surface area contributed by atoms with Gasteiger partial charge in [0.1, 0.15) is 0 Å². The van der Waals surface area contributed by atoms with Crippen molar-refractivity contribution in [3.8, 4) is 0 Å². The fourth-order valence-corrected chi connectivity index (χ4v) is 0.215. The summed E-state index contributed by atoms with van der Waals surface area (Å²) in [5.74, 6) is 0. The molecule has 0 aliphatic carbocycles. The van der Waals surface area contributed by atoms with Gasteiger partial charge in [-0.25, -0.2) is 4.98 Å². The third kappa shape index (κ3) is 4.01. The van der Waals surface area contributed by atoms with Crippen LogP contribution < -0.4 is 29.6 Å². The first kappa shape index (κ1) is 10.2. The van der Waals surface area contributed by atoms with Crippen molar-refractivity contribution < 1.29 is 29.6 Å². The van der Waals surface area contributed by atoms with Gasteiger partial charge >= 0.3 is 29.6 Å². The minimum Gasteiger partial charge on any atom is -0.693 e. The van der Waals surface area contributed by atoms with Crippen LogP contribution in [-0.4, -0.2) is 9.97 Å². The quantitative estimate of drug-likeness (QED) is 0.388. The summed E-state index contributed by atoms with van der Waals surface area (Å²) in [6.07, 6.45) is 5.08. The van der Waals surface area contributed by atoms with Gasteiger partial charge in [0.05, 0.1) is 6.33 Å². The number of imidazole rings is 1. The normalized spacial score (nSPS) is 5.71. The molecule has 0 saturated heterocycles. The number of nitrogens with one attached hydrogen (secondary N) is 1. The molecule has 1 aromatic heterocycles. The largest absolute Gasteiger partial charge is 1.00 e. The maximum atomic E-state index is 3.67. The maximum Gasteiger partial charge on any atom is 1.00 e. The Kier molecular flexibility index (Phi) is 9.00. The fourth-order valence-electron chi connectivity index (χ4n) is 0.215. The van der Waals surface area contributed by atoms with E-state index in [0.29, 0.717) is 0 Å². The second-order valence-corrected chi connectivity index (χ2v) is 0.761. The Balaban J connectivity index is 0. The Labute approximate surface area is 64.4 Å². The SMILES string of the molecule is [NH2-].[Na+].c1c[nH]cn1. The first-order chi connectivity index (χ1) is 2.50. The first-order valence-electron chi connectivity index (χ1n) is 1.43. The van der Waals surface area contributed by atoms with Crippen LogP contribution in [0.25, 0.3) is 6.15 Å². The van der Waals surface area contributed by atoms with Gasteiger partial charge in [-0.2, -0.15) is 0 Å². The van der Waals surface area contributed by atoms with Gasteiger partial charge in [0.2, 0.25) is 0 Å². The summed E-state index contributed by atoms with van der Waals surface area (Å²) in [6.45, 7) is 0. The summed E-state index contributed by atoms with van der Waals surface area (Å²) in [4.78, 5) is 6.42. The van der Waals surface area contributed by atoms with E-state index in [1.165, 1.54) is 0 Å². The molecule has 0 amide bonds. The zero-order valence-corrected chi connectivity index (χ0v) is 6.26. The van der Waals surface area contributed by atoms with Gasteiger partial charge in [-0.3, -0.25) is 0 Å². The molecule has 7 heavy (non-hydrogen) atoms. The van der Waals surface area contributed by atoms with E-state index in [9.17, 15) is 0 Å². The van der Waals surface area contributed by atoms with E-state index < -0.39 is 0 Å². The van der Waals surface area contributed by atoms with Gasteiger partial charge in [0.25, 0.3) is 0 Å². The summed E-state index contributed by atoms with van der Waals surface area (Å²) in [6, 6.07) is 0. The molecule has 0 spiro atoms. The Morgan fingerprint density at radius 1 is 1.43 bits per heavy atom. The number of nitrogens with zero attached hydrogens (tertiary/aromatic N) is 1. The van der Waals surface area contributed by atoms with Gasteiger partial charge in [-0.1, -0.05) is 0 Å². The minimum absolute atomic E-state index is 0. The van der Waals surface area contributed by atoms with Gasteiger partial charge < -0.3 is 11.1 Å². The van der Waals surface area contributed by atoms with E-state index in [1.807, 2.05) is 0 Å². The zero-order chi connectivity index (χ0) is 3.54. The molecule has 0 bridgehead atoms. The number of hydrogen-bond donors (Lipinski definition) is 1. The van der Waals surface area contributed by atoms with Crippen LogP contribution in [0.2, 0.25) is 0 Å². The molecule has 3 nitrogen and oxygen atoms in total. The Hall–Kier alpha value is 0.170. The average molecular weight is 107 g/mol. The van der Waals surface area contributed by atoms with Crippen molar-refractivity contribution in [3.05, 3.63) is 24.9 Å². The first-order valence-corrected chi connectivity index (χ1v) is 1.43. The van der Waals surface area contributed by atoms with Gasteiger partial charge in [-0.05, 0) is 0 Å². The van der Waals surface area contributed by atoms with Crippen molar-refractivity contribution in [1.82, 2.24) is 9.97 Å². The van der Waals surface area contributed by atoms with Crippen LogP contribution in [-0.2, 0) is 0 Å². The molecule has 0 aromatic carbocycles. The van der Waals surface area contributed by atoms with E-state index in [2.05, 4.69) is 9.97 Å². The zero-order valence-electron chi connectivity index (χ0n) is 4.26. The minimum atomic E-state index is 0. The van der Waals surface area contributed by atoms with Crippen molar-refractivity contribution in [2.75, 3.05) is 0 Å². The monoisotopic (exact) mass is 107 g/mol. The van der Waals surface area contributed by atoms with Crippen molar-refractivity contribution >= 4 is 0 Å². The molecule has 1 aromatic rings. The molecule has 0 unspecified atom stereocenters. The molecule has 1 rings (SSSR count). The van der Waals surface area contributed by atoms with Crippen molar-refractivity contribution in [1.29, 1.82) is 0 Å². The molecule has 0 atom stereocenters. The molecule has 0 aliphatic rings. The van der Waals surface area contributed by atoms with Gasteiger partial charge in [0.15, 0.2) is 0 Å². The van der Waals surface area contributed by atoms with Crippen LogP contribution in [0.4, 0.5) is 0 Å². The molecule has 0 aliphatic heterocycles. The van der Waals surface area contributed by atoms with Crippen molar-refractivity contribution in [2.45, 2.75) is 0 Å². The topological polar surface area (TPSA) is 62.2 Å². The van der Waals surface area contributed by atoms with Crippen LogP contribution in [0.15, 0.2) is 18.7 Å². The number of aromatic nitrogens is 2. The third-order valence-electron chi connectivity index (χ3n) is 0.406. The van der Waals surface area contributed by atoms with Crippen LogP contribution in [0.3, 0.4) is 0 Å². The maximum absolute atomic E-state index is 3.67. The number of H-pyrrole nitrogens is 1. The molecule has 0 saturated carbocycles. The van der Waals surface area contributed by atoms with E-state index in [0.717, 1.165) is 0 Å². The third-order valence-corrected chi connectivity index (χ3v) is 0.406.